The van der Waals surface area contributed by atoms with Gasteiger partial charge in [-0.3, -0.25) is 14.5 Å². The first kappa shape index (κ1) is 24.4. The van der Waals surface area contributed by atoms with Crippen molar-refractivity contribution in [1.82, 2.24) is 15.1 Å². The van der Waals surface area contributed by atoms with Gasteiger partial charge in [-0.25, -0.2) is 4.79 Å². The van der Waals surface area contributed by atoms with E-state index in [0.29, 0.717) is 14.9 Å². The number of hydrogen-bond acceptors (Lipinski definition) is 7. The highest BCUT2D eigenvalue weighted by Gasteiger charge is 2.40. The van der Waals surface area contributed by atoms with Gasteiger partial charge in [-0.2, -0.15) is 0 Å². The number of nitrogens with zero attached hydrogens (tertiary/aromatic N) is 2. The highest BCUT2D eigenvalue weighted by molar-refractivity contribution is 7.18. The van der Waals surface area contributed by atoms with Crippen LogP contribution in [-0.2, 0) is 19.0 Å². The van der Waals surface area contributed by atoms with E-state index in [-0.39, 0.29) is 57.3 Å². The predicted molar refractivity (Wildman–Crippen MR) is 113 cm³/mol. The van der Waals surface area contributed by atoms with Crippen LogP contribution in [0.1, 0.15) is 22.5 Å². The molecule has 0 bridgehead atoms. The maximum atomic E-state index is 13.1. The Hall–Kier alpha value is -2.77. The van der Waals surface area contributed by atoms with Gasteiger partial charge in [-0.1, -0.05) is 11.6 Å². The molecule has 1 unspecified atom stereocenters. The molecule has 2 aliphatic heterocycles. The maximum Gasteiger partial charge on any atom is 0.573 e. The van der Waals surface area contributed by atoms with Crippen molar-refractivity contribution in [2.24, 2.45) is 0 Å². The molecule has 0 radical (unpaired) electrons. The van der Waals surface area contributed by atoms with Crippen molar-refractivity contribution < 1.29 is 41.8 Å². The molecule has 0 spiro atoms. The lowest BCUT2D eigenvalue weighted by atomic mass is 10.0. The third-order valence-corrected chi connectivity index (χ3v) is 6.48. The topological polar surface area (TPSA) is 97.4 Å². The van der Waals surface area contributed by atoms with Crippen molar-refractivity contribution in [3.63, 3.8) is 0 Å². The highest BCUT2D eigenvalue weighted by Crippen LogP contribution is 2.35. The fourth-order valence-electron chi connectivity index (χ4n) is 3.77. The summed E-state index contributed by atoms with van der Waals surface area (Å²) in [4.78, 5) is 39.5. The van der Waals surface area contributed by atoms with Gasteiger partial charge >= 0.3 is 12.5 Å². The zero-order valence-corrected chi connectivity index (χ0v) is 19.1. The monoisotopic (exact) mass is 521 g/mol. The number of halogens is 4. The summed E-state index contributed by atoms with van der Waals surface area (Å²) < 4.78 is 54.3. The van der Waals surface area contributed by atoms with Crippen molar-refractivity contribution in [2.75, 3.05) is 32.8 Å². The molecule has 9 nitrogen and oxygen atoms in total. The molecule has 1 atom stereocenters. The second-order valence-electron chi connectivity index (χ2n) is 7.52. The van der Waals surface area contributed by atoms with Gasteiger partial charge in [-0.15, -0.1) is 24.5 Å². The van der Waals surface area contributed by atoms with Crippen molar-refractivity contribution >= 4 is 40.8 Å². The van der Waals surface area contributed by atoms with E-state index in [1.54, 1.807) is 12.1 Å². The number of morpholine rings is 1. The molecule has 2 saturated heterocycles. The minimum atomic E-state index is -5.01. The van der Waals surface area contributed by atoms with E-state index < -0.39 is 30.2 Å². The fraction of sp³-hybridized carbons (Fsp3) is 0.450. The summed E-state index contributed by atoms with van der Waals surface area (Å²) in [6, 6.07) is 3.12. The Balaban J connectivity index is 1.49. The first-order valence-electron chi connectivity index (χ1n) is 10.2. The lowest BCUT2D eigenvalue weighted by Crippen LogP contribution is -2.42. The Morgan fingerprint density at radius 2 is 2.06 bits per heavy atom. The smallest absolute Gasteiger partial charge is 0.442 e. The molecule has 3 aliphatic rings. The lowest BCUT2D eigenvalue weighted by molar-refractivity contribution is -0.304. The number of carbonyl (C=O) groups excluding carboxylic acids is 3. The number of alkyl halides is 3. The van der Waals surface area contributed by atoms with Gasteiger partial charge in [0.15, 0.2) is 5.76 Å². The van der Waals surface area contributed by atoms with Crippen LogP contribution in [0.2, 0.25) is 4.34 Å². The molecule has 1 aromatic rings. The van der Waals surface area contributed by atoms with Gasteiger partial charge in [0.2, 0.25) is 0 Å². The van der Waals surface area contributed by atoms with Crippen LogP contribution in [0.5, 0.6) is 0 Å². The number of hydrogen-bond donors (Lipinski definition) is 1. The van der Waals surface area contributed by atoms with Crippen molar-refractivity contribution in [3.05, 3.63) is 44.6 Å². The third kappa shape index (κ3) is 5.65. The molecule has 184 valence electrons. The van der Waals surface area contributed by atoms with Crippen LogP contribution in [0.4, 0.5) is 18.0 Å². The van der Waals surface area contributed by atoms with Crippen LogP contribution in [-0.4, -0.2) is 73.0 Å². The van der Waals surface area contributed by atoms with E-state index >= 15 is 0 Å². The molecule has 3 heterocycles. The van der Waals surface area contributed by atoms with Crippen LogP contribution in [0, 0.1) is 0 Å². The zero-order valence-electron chi connectivity index (χ0n) is 17.5. The van der Waals surface area contributed by atoms with E-state index in [2.05, 4.69) is 10.1 Å². The van der Waals surface area contributed by atoms with E-state index in [0.717, 1.165) is 22.3 Å². The van der Waals surface area contributed by atoms with Crippen molar-refractivity contribution in [3.8, 4) is 0 Å². The summed E-state index contributed by atoms with van der Waals surface area (Å²) in [6.07, 6.45) is -5.28. The summed E-state index contributed by atoms with van der Waals surface area (Å²) >= 11 is 6.90. The summed E-state index contributed by atoms with van der Waals surface area (Å²) in [7, 11) is 0. The number of thiophene rings is 1. The third-order valence-electron chi connectivity index (χ3n) is 5.25. The maximum absolute atomic E-state index is 13.1. The van der Waals surface area contributed by atoms with Crippen LogP contribution < -0.4 is 5.32 Å². The molecule has 14 heteroatoms. The van der Waals surface area contributed by atoms with Crippen LogP contribution in [0.15, 0.2) is 35.4 Å². The minimum Gasteiger partial charge on any atom is -0.442 e. The SMILES string of the molecule is O=C(NCC1CN(C2=C(OC(F)(F)F)C=C(N3CCOCC3=O)CC2)C(=O)O1)c1ccc(Cl)s1. The summed E-state index contributed by atoms with van der Waals surface area (Å²) in [6.45, 7) is 0.195. The lowest BCUT2D eigenvalue weighted by Gasteiger charge is -2.33. The number of allylic oxidation sites excluding steroid dienone is 3. The van der Waals surface area contributed by atoms with Gasteiger partial charge < -0.3 is 24.4 Å². The van der Waals surface area contributed by atoms with Gasteiger partial charge in [-0.05, 0) is 25.0 Å². The van der Waals surface area contributed by atoms with E-state index in [1.165, 1.54) is 4.90 Å². The Labute approximate surface area is 200 Å². The van der Waals surface area contributed by atoms with Gasteiger partial charge in [0.1, 0.15) is 12.7 Å². The fourth-order valence-corrected chi connectivity index (χ4v) is 4.73. The number of amides is 3. The molecule has 0 saturated carbocycles. The molecule has 1 aromatic heterocycles. The molecular formula is C20H19ClF3N3O6S. The molecule has 4 rings (SSSR count). The number of ether oxygens (including phenoxy) is 3. The van der Waals surface area contributed by atoms with Crippen LogP contribution >= 0.6 is 22.9 Å². The second-order valence-corrected chi connectivity index (χ2v) is 9.24. The first-order chi connectivity index (χ1) is 16.1. The molecule has 2 fully saturated rings. The Morgan fingerprint density at radius 1 is 1.26 bits per heavy atom. The first-order valence-corrected chi connectivity index (χ1v) is 11.4. The Bertz CT molecular complexity index is 1060. The summed E-state index contributed by atoms with van der Waals surface area (Å²) in [5.41, 5.74) is 0.341. The minimum absolute atomic E-state index is 0.00866. The summed E-state index contributed by atoms with van der Waals surface area (Å²) in [5, 5.41) is 2.62. The molecule has 1 aliphatic carbocycles. The number of rotatable bonds is 6. The van der Waals surface area contributed by atoms with Crippen LogP contribution in [0.3, 0.4) is 0 Å². The Kier molecular flexibility index (Phi) is 7.05. The molecule has 34 heavy (non-hydrogen) atoms. The van der Waals surface area contributed by atoms with E-state index in [1.807, 2.05) is 0 Å². The number of cyclic esters (lactones) is 1. The van der Waals surface area contributed by atoms with Crippen molar-refractivity contribution in [1.29, 1.82) is 0 Å². The molecule has 1 N–H and O–H groups in total. The molecule has 0 aromatic carbocycles. The van der Waals surface area contributed by atoms with Gasteiger partial charge in [0.25, 0.3) is 11.8 Å². The average molecular weight is 522 g/mol. The van der Waals surface area contributed by atoms with Crippen LogP contribution in [0.25, 0.3) is 0 Å². The normalized spacial score (nSPS) is 21.5. The van der Waals surface area contributed by atoms with Crippen molar-refractivity contribution in [2.45, 2.75) is 25.3 Å². The Morgan fingerprint density at radius 3 is 2.74 bits per heavy atom. The molecular weight excluding hydrogens is 503 g/mol. The van der Waals surface area contributed by atoms with Gasteiger partial charge in [0.05, 0.1) is 34.6 Å². The standard InChI is InChI=1S/C20H19ClF3N3O6S/c21-16-4-3-15(34-16)18(29)25-8-12-9-27(19(30)32-12)13-2-1-11(7-14(13)33-20(22,23)24)26-5-6-31-10-17(26)28/h3-4,7,12H,1-2,5-6,8-10H2,(H,25,29). The quantitative estimate of drug-likeness (QED) is 0.617. The average Bonchev–Trinajstić information content (AvgIpc) is 3.37. The van der Waals surface area contributed by atoms with E-state index in [9.17, 15) is 27.6 Å². The van der Waals surface area contributed by atoms with Gasteiger partial charge in [0, 0.05) is 18.3 Å². The summed E-state index contributed by atoms with van der Waals surface area (Å²) in [5.74, 6) is -1.36. The second kappa shape index (κ2) is 9.84. The number of nitrogens with one attached hydrogen (secondary N) is 1. The number of carbonyl (C=O) groups is 3. The molecule has 3 amide bonds. The zero-order chi connectivity index (χ0) is 24.5. The largest absolute Gasteiger partial charge is 0.573 e. The van der Waals surface area contributed by atoms with E-state index in [4.69, 9.17) is 21.1 Å². The highest BCUT2D eigenvalue weighted by atomic mass is 35.5. The predicted octanol–water partition coefficient (Wildman–Crippen LogP) is 3.24.